The highest BCUT2D eigenvalue weighted by atomic mass is 16.7. The van der Waals surface area contributed by atoms with Gasteiger partial charge in [-0.15, -0.1) is 0 Å². The molecule has 3 fully saturated rings. The molecule has 3 saturated carbocycles. The molecule has 0 heterocycles. The fraction of sp³-hybridized carbons (Fsp3) is 0.760. The van der Waals surface area contributed by atoms with Gasteiger partial charge in [0.05, 0.1) is 13.2 Å². The smallest absolute Gasteiger partial charge is 0.435 e. The maximum atomic E-state index is 12.0. The third kappa shape index (κ3) is 3.87. The second kappa shape index (κ2) is 8.51. The Kier molecular flexibility index (Phi) is 6.10. The lowest BCUT2D eigenvalue weighted by Crippen LogP contribution is -2.51. The number of hydrogen-bond donors (Lipinski definition) is 0. The van der Waals surface area contributed by atoms with Crippen molar-refractivity contribution in [2.75, 3.05) is 13.2 Å². The molecule has 6 nitrogen and oxygen atoms in total. The van der Waals surface area contributed by atoms with Crippen molar-refractivity contribution in [2.24, 2.45) is 28.6 Å². The first kappa shape index (κ1) is 22.2. The average molecular weight is 433 g/mol. The number of allylic oxidation sites excluding steroid dienone is 2. The Labute approximate surface area is 185 Å². The second-order valence-corrected chi connectivity index (χ2v) is 9.93. The molecule has 0 spiro atoms. The zero-order valence-electron chi connectivity index (χ0n) is 19.2. The summed E-state index contributed by atoms with van der Waals surface area (Å²) in [6.07, 6.45) is 11.2. The lowest BCUT2D eigenvalue weighted by Gasteiger charge is -2.56. The second-order valence-electron chi connectivity index (χ2n) is 9.93. The zero-order chi connectivity index (χ0) is 22.2. The molecule has 0 saturated heterocycles. The van der Waals surface area contributed by atoms with E-state index in [1.807, 2.05) is 6.08 Å². The fourth-order valence-corrected chi connectivity index (χ4v) is 7.06. The van der Waals surface area contributed by atoms with Gasteiger partial charge in [-0.05, 0) is 82.3 Å². The molecule has 0 aromatic heterocycles. The molecule has 0 bridgehead atoms. The van der Waals surface area contributed by atoms with E-state index in [2.05, 4.69) is 26.0 Å². The summed E-state index contributed by atoms with van der Waals surface area (Å²) in [6.45, 7) is 8.90. The van der Waals surface area contributed by atoms with Gasteiger partial charge in [0.1, 0.15) is 12.2 Å². The Balaban J connectivity index is 1.48. The van der Waals surface area contributed by atoms with Crippen molar-refractivity contribution in [3.05, 3.63) is 23.8 Å². The quantitative estimate of drug-likeness (QED) is 0.412. The summed E-state index contributed by atoms with van der Waals surface area (Å²) in [5.74, 6) is 1.74. The van der Waals surface area contributed by atoms with Crippen molar-refractivity contribution in [2.45, 2.75) is 78.4 Å². The van der Waals surface area contributed by atoms with Crippen molar-refractivity contribution in [3.8, 4) is 0 Å². The van der Waals surface area contributed by atoms with E-state index in [0.29, 0.717) is 31.0 Å². The molecule has 0 radical (unpaired) electrons. The number of hydrogen-bond acceptors (Lipinski definition) is 6. The number of ether oxygens (including phenoxy) is 4. The third-order valence-electron chi connectivity index (χ3n) is 8.55. The summed E-state index contributed by atoms with van der Waals surface area (Å²) in [5, 5.41) is 0. The van der Waals surface area contributed by atoms with E-state index in [-0.39, 0.29) is 23.0 Å². The van der Waals surface area contributed by atoms with Gasteiger partial charge in [-0.2, -0.15) is 0 Å². The van der Waals surface area contributed by atoms with Crippen LogP contribution in [0.3, 0.4) is 0 Å². The van der Waals surface area contributed by atoms with Gasteiger partial charge in [0, 0.05) is 10.8 Å². The molecule has 0 N–H and O–H groups in total. The van der Waals surface area contributed by atoms with Crippen LogP contribution in [0.4, 0.5) is 9.59 Å². The van der Waals surface area contributed by atoms with Gasteiger partial charge < -0.3 is 18.9 Å². The topological polar surface area (TPSA) is 71.1 Å². The third-order valence-corrected chi connectivity index (χ3v) is 8.55. The van der Waals surface area contributed by atoms with Crippen LogP contribution >= 0.6 is 0 Å². The Morgan fingerprint density at radius 1 is 0.968 bits per heavy atom. The minimum absolute atomic E-state index is 0.00114. The number of carbonyl (C=O) groups is 2. The predicted octanol–water partition coefficient (Wildman–Crippen LogP) is 5.81. The molecule has 4 rings (SSSR count). The Hall–Kier alpha value is -1.98. The summed E-state index contributed by atoms with van der Waals surface area (Å²) >= 11 is 0. The SMILES string of the molecule is CCOC(=O)O[C@H]1C=C[C@@]2(C)C(=C1)CC[C@H]1[C@@H]3CC[C@H](OC(=O)OCC)[C@@]3(C)CC[C@@H]12. The number of rotatable bonds is 4. The van der Waals surface area contributed by atoms with Gasteiger partial charge in [0.2, 0.25) is 0 Å². The largest absolute Gasteiger partial charge is 0.509 e. The van der Waals surface area contributed by atoms with Crippen LogP contribution in [0.25, 0.3) is 0 Å². The van der Waals surface area contributed by atoms with Crippen LogP contribution in [0, 0.1) is 28.6 Å². The van der Waals surface area contributed by atoms with E-state index in [4.69, 9.17) is 18.9 Å². The monoisotopic (exact) mass is 432 g/mol. The number of fused-ring (bicyclic) bond motifs is 5. The Bertz CT molecular complexity index is 772. The highest BCUT2D eigenvalue weighted by Crippen LogP contribution is 2.65. The van der Waals surface area contributed by atoms with Crippen LogP contribution in [0.15, 0.2) is 23.8 Å². The molecular formula is C25H36O6. The molecule has 0 aromatic rings. The summed E-state index contributed by atoms with van der Waals surface area (Å²) in [4.78, 5) is 23.7. The lowest BCUT2D eigenvalue weighted by molar-refractivity contribution is -0.0782. The molecule has 4 aliphatic carbocycles. The maximum Gasteiger partial charge on any atom is 0.509 e. The summed E-state index contributed by atoms with van der Waals surface area (Å²) in [5.41, 5.74) is 1.41. The molecule has 0 unspecified atom stereocenters. The molecule has 6 heteroatoms. The summed E-state index contributed by atoms with van der Waals surface area (Å²) in [7, 11) is 0. The van der Waals surface area contributed by atoms with E-state index in [1.165, 1.54) is 5.57 Å². The molecule has 0 aromatic carbocycles. The first-order chi connectivity index (χ1) is 14.8. The molecule has 172 valence electrons. The molecule has 0 amide bonds. The Morgan fingerprint density at radius 3 is 2.39 bits per heavy atom. The fourth-order valence-electron chi connectivity index (χ4n) is 7.06. The van der Waals surface area contributed by atoms with E-state index in [9.17, 15) is 9.59 Å². The molecule has 31 heavy (non-hydrogen) atoms. The van der Waals surface area contributed by atoms with Crippen LogP contribution in [0.1, 0.15) is 66.2 Å². The van der Waals surface area contributed by atoms with Crippen molar-refractivity contribution in [1.29, 1.82) is 0 Å². The first-order valence-electron chi connectivity index (χ1n) is 11.9. The summed E-state index contributed by atoms with van der Waals surface area (Å²) in [6, 6.07) is 0. The standard InChI is InChI=1S/C25H36O6/c1-5-28-22(26)30-17-11-13-24(3)16(15-17)7-8-18-19-9-10-21(31-23(27)29-6-2)25(19,4)14-12-20(18)24/h11,13,15,17-21H,5-10,12,14H2,1-4H3/t17-,18-,19-,20-,21-,24-,25-/m0/s1. The van der Waals surface area contributed by atoms with Gasteiger partial charge in [-0.25, -0.2) is 9.59 Å². The lowest BCUT2D eigenvalue weighted by atomic mass is 9.48. The predicted molar refractivity (Wildman–Crippen MR) is 115 cm³/mol. The molecule has 0 aliphatic heterocycles. The molecule has 7 atom stereocenters. The van der Waals surface area contributed by atoms with Gasteiger partial charge in [0.25, 0.3) is 0 Å². The van der Waals surface area contributed by atoms with Crippen LogP contribution in [0.2, 0.25) is 0 Å². The Morgan fingerprint density at radius 2 is 1.68 bits per heavy atom. The van der Waals surface area contributed by atoms with Crippen LogP contribution in [0.5, 0.6) is 0 Å². The number of carbonyl (C=O) groups excluding carboxylic acids is 2. The zero-order valence-corrected chi connectivity index (χ0v) is 19.2. The van der Waals surface area contributed by atoms with E-state index < -0.39 is 12.3 Å². The minimum atomic E-state index is -0.613. The molecular weight excluding hydrogens is 396 g/mol. The van der Waals surface area contributed by atoms with Gasteiger partial charge in [0.15, 0.2) is 0 Å². The van der Waals surface area contributed by atoms with Gasteiger partial charge in [-0.3, -0.25) is 0 Å². The maximum absolute atomic E-state index is 12.0. The average Bonchev–Trinajstić information content (AvgIpc) is 3.05. The van der Waals surface area contributed by atoms with Crippen molar-refractivity contribution in [1.82, 2.24) is 0 Å². The van der Waals surface area contributed by atoms with Crippen molar-refractivity contribution >= 4 is 12.3 Å². The van der Waals surface area contributed by atoms with E-state index in [1.54, 1.807) is 13.8 Å². The van der Waals surface area contributed by atoms with Crippen molar-refractivity contribution < 1.29 is 28.5 Å². The van der Waals surface area contributed by atoms with Crippen LogP contribution < -0.4 is 0 Å². The highest BCUT2D eigenvalue weighted by Gasteiger charge is 2.59. The summed E-state index contributed by atoms with van der Waals surface area (Å²) < 4.78 is 21.2. The van der Waals surface area contributed by atoms with E-state index >= 15 is 0 Å². The van der Waals surface area contributed by atoms with Crippen LogP contribution in [-0.4, -0.2) is 37.7 Å². The van der Waals surface area contributed by atoms with Gasteiger partial charge in [-0.1, -0.05) is 25.5 Å². The van der Waals surface area contributed by atoms with E-state index in [0.717, 1.165) is 38.5 Å². The normalized spacial score (nSPS) is 40.6. The van der Waals surface area contributed by atoms with Crippen LogP contribution in [-0.2, 0) is 18.9 Å². The molecule has 4 aliphatic rings. The van der Waals surface area contributed by atoms with Gasteiger partial charge >= 0.3 is 12.3 Å². The first-order valence-corrected chi connectivity index (χ1v) is 11.9. The highest BCUT2D eigenvalue weighted by molar-refractivity contribution is 5.61. The minimum Gasteiger partial charge on any atom is -0.435 e. The van der Waals surface area contributed by atoms with Crippen molar-refractivity contribution in [3.63, 3.8) is 0 Å².